The van der Waals surface area contributed by atoms with Crippen molar-refractivity contribution in [2.45, 2.75) is 39.2 Å². The van der Waals surface area contributed by atoms with E-state index in [2.05, 4.69) is 43.3 Å². The van der Waals surface area contributed by atoms with Gasteiger partial charge in [0.1, 0.15) is 0 Å². The van der Waals surface area contributed by atoms with Crippen molar-refractivity contribution >= 4 is 0 Å². The smallest absolute Gasteiger partial charge is 0.00355 e. The summed E-state index contributed by atoms with van der Waals surface area (Å²) in [5.74, 6) is 2.73. The molecule has 1 saturated carbocycles. The van der Waals surface area contributed by atoms with Crippen LogP contribution in [-0.4, -0.2) is 37.6 Å². The Morgan fingerprint density at radius 1 is 1.29 bits per heavy atom. The number of nitrogens with zero attached hydrogens (tertiary/aromatic N) is 1. The fourth-order valence-corrected chi connectivity index (χ4v) is 3.13. The van der Waals surface area contributed by atoms with E-state index in [1.807, 2.05) is 0 Å². The summed E-state index contributed by atoms with van der Waals surface area (Å²) in [5.41, 5.74) is 0. The molecule has 2 aliphatic rings. The van der Waals surface area contributed by atoms with E-state index >= 15 is 0 Å². The van der Waals surface area contributed by atoms with E-state index in [-0.39, 0.29) is 0 Å². The summed E-state index contributed by atoms with van der Waals surface area (Å²) in [4.78, 5) is 2.42. The van der Waals surface area contributed by atoms with Crippen LogP contribution in [0.25, 0.3) is 0 Å². The first kappa shape index (κ1) is 13.1. The van der Waals surface area contributed by atoms with Gasteiger partial charge in [-0.25, -0.2) is 0 Å². The second kappa shape index (κ2) is 6.01. The van der Waals surface area contributed by atoms with Crippen LogP contribution in [0.15, 0.2) is 12.2 Å². The first-order valence-electron chi connectivity index (χ1n) is 7.26. The SMILES string of the molecule is CC(C)N(C)CCCNCC1CC2C=CC1C2. The number of hydrogen-bond acceptors (Lipinski definition) is 2. The number of nitrogens with one attached hydrogen (secondary N) is 1. The van der Waals surface area contributed by atoms with E-state index in [0.29, 0.717) is 6.04 Å². The Balaban J connectivity index is 1.51. The van der Waals surface area contributed by atoms with Gasteiger partial charge in [0.05, 0.1) is 0 Å². The molecular weight excluding hydrogens is 208 g/mol. The zero-order chi connectivity index (χ0) is 12.3. The minimum Gasteiger partial charge on any atom is -0.316 e. The standard InChI is InChI=1S/C15H28N2/c1-12(2)17(3)8-4-7-16-11-15-10-13-5-6-14(15)9-13/h5-6,12-16H,4,7-11H2,1-3H3. The van der Waals surface area contributed by atoms with Crippen molar-refractivity contribution < 1.29 is 0 Å². The highest BCUT2D eigenvalue weighted by Crippen LogP contribution is 2.42. The molecule has 0 spiro atoms. The summed E-state index contributed by atoms with van der Waals surface area (Å²) in [6, 6.07) is 0.672. The molecule has 2 rings (SSSR count). The largest absolute Gasteiger partial charge is 0.316 e. The molecule has 17 heavy (non-hydrogen) atoms. The van der Waals surface area contributed by atoms with Gasteiger partial charge >= 0.3 is 0 Å². The lowest BCUT2D eigenvalue weighted by Crippen LogP contribution is -2.31. The van der Waals surface area contributed by atoms with E-state index < -0.39 is 0 Å². The van der Waals surface area contributed by atoms with Gasteiger partial charge in [0.15, 0.2) is 0 Å². The zero-order valence-corrected chi connectivity index (χ0v) is 11.7. The molecule has 2 aliphatic carbocycles. The molecule has 3 unspecified atom stereocenters. The van der Waals surface area contributed by atoms with Crippen molar-refractivity contribution in [3.05, 3.63) is 12.2 Å². The van der Waals surface area contributed by atoms with E-state index in [9.17, 15) is 0 Å². The lowest BCUT2D eigenvalue weighted by Gasteiger charge is -2.22. The average molecular weight is 236 g/mol. The third kappa shape index (κ3) is 3.56. The summed E-state index contributed by atoms with van der Waals surface area (Å²) in [6.07, 6.45) is 9.01. The molecule has 2 heteroatoms. The van der Waals surface area contributed by atoms with Gasteiger partial charge in [-0.2, -0.15) is 0 Å². The molecule has 0 aromatic heterocycles. The molecule has 1 N–H and O–H groups in total. The van der Waals surface area contributed by atoms with E-state index in [1.54, 1.807) is 0 Å². The topological polar surface area (TPSA) is 15.3 Å². The van der Waals surface area contributed by atoms with Crippen molar-refractivity contribution in [2.24, 2.45) is 17.8 Å². The van der Waals surface area contributed by atoms with Crippen molar-refractivity contribution in [1.82, 2.24) is 10.2 Å². The highest BCUT2D eigenvalue weighted by Gasteiger charge is 2.34. The molecule has 0 aromatic rings. The number of allylic oxidation sites excluding steroid dienone is 2. The summed E-state index contributed by atoms with van der Waals surface area (Å²) in [7, 11) is 2.21. The van der Waals surface area contributed by atoms with Gasteiger partial charge in [-0.05, 0) is 77.5 Å². The van der Waals surface area contributed by atoms with Crippen LogP contribution in [0.4, 0.5) is 0 Å². The average Bonchev–Trinajstić information content (AvgIpc) is 2.90. The van der Waals surface area contributed by atoms with Gasteiger partial charge in [0.25, 0.3) is 0 Å². The van der Waals surface area contributed by atoms with Crippen molar-refractivity contribution in [3.63, 3.8) is 0 Å². The molecule has 0 saturated heterocycles. The second-order valence-electron chi connectivity index (χ2n) is 6.17. The molecule has 0 amide bonds. The molecule has 0 radical (unpaired) electrons. The quantitative estimate of drug-likeness (QED) is 0.540. The number of hydrogen-bond donors (Lipinski definition) is 1. The predicted octanol–water partition coefficient (Wildman–Crippen LogP) is 2.52. The van der Waals surface area contributed by atoms with Gasteiger partial charge in [0.2, 0.25) is 0 Å². The number of fused-ring (bicyclic) bond motifs is 2. The van der Waals surface area contributed by atoms with E-state index in [1.165, 1.54) is 38.9 Å². The van der Waals surface area contributed by atoms with Gasteiger partial charge in [0, 0.05) is 6.04 Å². The van der Waals surface area contributed by atoms with Gasteiger partial charge in [-0.1, -0.05) is 12.2 Å². The van der Waals surface area contributed by atoms with Crippen LogP contribution in [0.1, 0.15) is 33.1 Å². The minimum atomic E-state index is 0.672. The van der Waals surface area contributed by atoms with E-state index in [4.69, 9.17) is 0 Å². The van der Waals surface area contributed by atoms with Crippen molar-refractivity contribution in [3.8, 4) is 0 Å². The molecule has 0 aliphatic heterocycles. The highest BCUT2D eigenvalue weighted by molar-refractivity contribution is 5.10. The summed E-state index contributed by atoms with van der Waals surface area (Å²) >= 11 is 0. The van der Waals surface area contributed by atoms with E-state index in [0.717, 1.165) is 17.8 Å². The zero-order valence-electron chi connectivity index (χ0n) is 11.7. The maximum Gasteiger partial charge on any atom is 0.00355 e. The Morgan fingerprint density at radius 3 is 2.71 bits per heavy atom. The van der Waals surface area contributed by atoms with Crippen molar-refractivity contribution in [2.75, 3.05) is 26.7 Å². The molecule has 2 nitrogen and oxygen atoms in total. The lowest BCUT2D eigenvalue weighted by molar-refractivity contribution is 0.268. The van der Waals surface area contributed by atoms with Crippen LogP contribution in [0.3, 0.4) is 0 Å². The summed E-state index contributed by atoms with van der Waals surface area (Å²) in [5, 5.41) is 3.65. The Hall–Kier alpha value is -0.340. The monoisotopic (exact) mass is 236 g/mol. The highest BCUT2D eigenvalue weighted by atomic mass is 15.1. The molecule has 0 heterocycles. The Bertz CT molecular complexity index is 260. The Labute approximate surface area is 106 Å². The molecule has 98 valence electrons. The summed E-state index contributed by atoms with van der Waals surface area (Å²) < 4.78 is 0. The fourth-order valence-electron chi connectivity index (χ4n) is 3.13. The van der Waals surface area contributed by atoms with Gasteiger partial charge in [-0.3, -0.25) is 0 Å². The molecular formula is C15H28N2. The third-order valence-corrected chi connectivity index (χ3v) is 4.57. The lowest BCUT2D eigenvalue weighted by atomic mass is 9.94. The predicted molar refractivity (Wildman–Crippen MR) is 74.1 cm³/mol. The second-order valence-corrected chi connectivity index (χ2v) is 6.17. The van der Waals surface area contributed by atoms with Crippen LogP contribution < -0.4 is 5.32 Å². The van der Waals surface area contributed by atoms with Crippen LogP contribution in [-0.2, 0) is 0 Å². The Kier molecular flexibility index (Phi) is 4.63. The molecule has 3 atom stereocenters. The molecule has 1 fully saturated rings. The molecule has 0 aromatic carbocycles. The van der Waals surface area contributed by atoms with Gasteiger partial charge < -0.3 is 10.2 Å². The van der Waals surface area contributed by atoms with Crippen molar-refractivity contribution in [1.29, 1.82) is 0 Å². The van der Waals surface area contributed by atoms with Gasteiger partial charge in [-0.15, -0.1) is 0 Å². The maximum absolute atomic E-state index is 3.65. The minimum absolute atomic E-state index is 0.672. The normalized spacial score (nSPS) is 31.0. The first-order valence-corrected chi connectivity index (χ1v) is 7.26. The number of rotatable bonds is 7. The molecule has 2 bridgehead atoms. The van der Waals surface area contributed by atoms with Crippen LogP contribution >= 0.6 is 0 Å². The maximum atomic E-state index is 3.65. The van der Waals surface area contributed by atoms with Crippen LogP contribution in [0.5, 0.6) is 0 Å². The third-order valence-electron chi connectivity index (χ3n) is 4.57. The Morgan fingerprint density at radius 2 is 2.12 bits per heavy atom. The van der Waals surface area contributed by atoms with Crippen LogP contribution in [0, 0.1) is 17.8 Å². The first-order chi connectivity index (χ1) is 8.16. The van der Waals surface area contributed by atoms with Crippen LogP contribution in [0.2, 0.25) is 0 Å². The fraction of sp³-hybridized carbons (Fsp3) is 0.867. The summed E-state index contributed by atoms with van der Waals surface area (Å²) in [6.45, 7) is 8.14.